The first-order chi connectivity index (χ1) is 19.3. The Kier molecular flexibility index (Phi) is 27.1. The molecular weight excluding hydrogens is 531 g/mol. The molecule has 0 aliphatic heterocycles. The lowest BCUT2D eigenvalue weighted by atomic mass is 10.0. The fraction of sp³-hybridized carbons (Fsp3) is 0.871. The van der Waals surface area contributed by atoms with Crippen molar-refractivity contribution >= 4 is 19.8 Å². The highest BCUT2D eigenvalue weighted by molar-refractivity contribution is 7.46. The molecule has 40 heavy (non-hydrogen) atoms. The molecule has 0 aromatic carbocycles. The van der Waals surface area contributed by atoms with Crippen LogP contribution in [0.15, 0.2) is 12.7 Å². The Balaban J connectivity index is 3.92. The molecule has 0 bridgehead atoms. The summed E-state index contributed by atoms with van der Waals surface area (Å²) in [5.74, 6) is -0.892. The number of carbonyl (C=O) groups is 2. The Morgan fingerprint density at radius 1 is 0.675 bits per heavy atom. The molecule has 2 N–H and O–H groups in total. The van der Waals surface area contributed by atoms with Crippen LogP contribution in [0.1, 0.15) is 155 Å². The Morgan fingerprint density at radius 2 is 1.10 bits per heavy atom. The Labute approximate surface area is 244 Å². The lowest BCUT2D eigenvalue weighted by molar-refractivity contribution is -0.161. The first kappa shape index (κ1) is 38.8. The number of esters is 2. The van der Waals surface area contributed by atoms with E-state index in [1.807, 2.05) is 6.08 Å². The lowest BCUT2D eigenvalue weighted by Gasteiger charge is -2.18. The van der Waals surface area contributed by atoms with Gasteiger partial charge in [0, 0.05) is 12.8 Å². The molecule has 0 aliphatic carbocycles. The summed E-state index contributed by atoms with van der Waals surface area (Å²) in [6.07, 6.45) is 25.7. The quantitative estimate of drug-likeness (QED) is 0.0369. The molecule has 0 aromatic rings. The molecule has 0 heterocycles. The third-order valence-electron chi connectivity index (χ3n) is 6.93. The van der Waals surface area contributed by atoms with Crippen LogP contribution in [-0.2, 0) is 28.2 Å². The fourth-order valence-corrected chi connectivity index (χ4v) is 4.89. The van der Waals surface area contributed by atoms with Crippen LogP contribution < -0.4 is 0 Å². The van der Waals surface area contributed by atoms with E-state index in [1.165, 1.54) is 83.5 Å². The van der Waals surface area contributed by atoms with Crippen LogP contribution in [0.4, 0.5) is 0 Å². The van der Waals surface area contributed by atoms with Gasteiger partial charge in [-0.05, 0) is 25.7 Å². The Bertz CT molecular complexity index is 664. The molecule has 0 rings (SSSR count). The minimum absolute atomic E-state index is 0.213. The van der Waals surface area contributed by atoms with Gasteiger partial charge in [0.15, 0.2) is 6.10 Å². The molecule has 9 heteroatoms. The van der Waals surface area contributed by atoms with Gasteiger partial charge in [-0.2, -0.15) is 0 Å². The van der Waals surface area contributed by atoms with Crippen molar-refractivity contribution in [2.45, 2.75) is 161 Å². The van der Waals surface area contributed by atoms with Crippen molar-refractivity contribution < 1.29 is 37.9 Å². The van der Waals surface area contributed by atoms with Gasteiger partial charge in [-0.1, -0.05) is 122 Å². The summed E-state index contributed by atoms with van der Waals surface area (Å²) in [7, 11) is -4.73. The molecule has 0 aromatic heterocycles. The van der Waals surface area contributed by atoms with Crippen molar-refractivity contribution in [2.24, 2.45) is 0 Å². The first-order valence-electron chi connectivity index (χ1n) is 15.9. The van der Waals surface area contributed by atoms with Crippen LogP contribution in [0, 0.1) is 0 Å². The standard InChI is InChI=1S/C31H59O8P/c1-3-5-7-9-11-12-13-14-15-16-17-18-20-21-23-25-30(32)37-27-29(28-38-40(34,35)36)39-31(33)26-24-22-19-10-8-6-4-2/h3,29H,1,4-28H2,2H3,(H2,34,35,36)/t29-/m1/s1. The number of hydrogen-bond donors (Lipinski definition) is 2. The van der Waals surface area contributed by atoms with Gasteiger partial charge in [-0.15, -0.1) is 6.58 Å². The summed E-state index contributed by atoms with van der Waals surface area (Å²) in [6, 6.07) is 0. The van der Waals surface area contributed by atoms with Crippen LogP contribution in [0.5, 0.6) is 0 Å². The van der Waals surface area contributed by atoms with E-state index in [-0.39, 0.29) is 19.4 Å². The highest BCUT2D eigenvalue weighted by Gasteiger charge is 2.22. The number of allylic oxidation sites excluding steroid dienone is 1. The van der Waals surface area contributed by atoms with E-state index in [9.17, 15) is 14.2 Å². The topological polar surface area (TPSA) is 119 Å². The number of phosphoric ester groups is 1. The molecule has 1 atom stereocenters. The summed E-state index contributed by atoms with van der Waals surface area (Å²) in [6.45, 7) is 5.11. The molecule has 0 fully saturated rings. The number of carbonyl (C=O) groups excluding carboxylic acids is 2. The Hall–Kier alpha value is -1.21. The number of unbranched alkanes of at least 4 members (excludes halogenated alkanes) is 19. The van der Waals surface area contributed by atoms with Crippen LogP contribution >= 0.6 is 7.82 Å². The van der Waals surface area contributed by atoms with E-state index in [0.717, 1.165) is 44.9 Å². The molecular formula is C31H59O8P. The number of phosphoric acid groups is 1. The van der Waals surface area contributed by atoms with Gasteiger partial charge in [0.05, 0.1) is 6.61 Å². The average Bonchev–Trinajstić information content (AvgIpc) is 2.91. The van der Waals surface area contributed by atoms with Crippen LogP contribution in [-0.4, -0.2) is 41.0 Å². The first-order valence-corrected chi connectivity index (χ1v) is 17.5. The van der Waals surface area contributed by atoms with Crippen LogP contribution in [0.25, 0.3) is 0 Å². The van der Waals surface area contributed by atoms with Crippen molar-refractivity contribution in [2.75, 3.05) is 13.2 Å². The Morgan fingerprint density at radius 3 is 1.55 bits per heavy atom. The summed E-state index contributed by atoms with van der Waals surface area (Å²) >= 11 is 0. The molecule has 0 saturated heterocycles. The van der Waals surface area contributed by atoms with Crippen molar-refractivity contribution in [3.8, 4) is 0 Å². The van der Waals surface area contributed by atoms with Gasteiger partial charge >= 0.3 is 19.8 Å². The van der Waals surface area contributed by atoms with Gasteiger partial charge in [-0.25, -0.2) is 4.57 Å². The molecule has 0 amide bonds. The minimum atomic E-state index is -4.73. The molecule has 8 nitrogen and oxygen atoms in total. The van der Waals surface area contributed by atoms with Crippen LogP contribution in [0.3, 0.4) is 0 Å². The van der Waals surface area contributed by atoms with Crippen molar-refractivity contribution in [3.63, 3.8) is 0 Å². The maximum Gasteiger partial charge on any atom is 0.469 e. The summed E-state index contributed by atoms with van der Waals surface area (Å²) < 4.78 is 26.1. The van der Waals surface area contributed by atoms with Crippen LogP contribution in [0.2, 0.25) is 0 Å². The minimum Gasteiger partial charge on any atom is -0.462 e. The number of rotatable bonds is 30. The monoisotopic (exact) mass is 590 g/mol. The normalized spacial score (nSPS) is 12.3. The van der Waals surface area contributed by atoms with Crippen molar-refractivity contribution in [3.05, 3.63) is 12.7 Å². The summed E-state index contributed by atoms with van der Waals surface area (Å²) in [4.78, 5) is 42.3. The van der Waals surface area contributed by atoms with E-state index >= 15 is 0 Å². The summed E-state index contributed by atoms with van der Waals surface area (Å²) in [5, 5.41) is 0. The molecule has 0 radical (unpaired) electrons. The third kappa shape index (κ3) is 29.8. The summed E-state index contributed by atoms with van der Waals surface area (Å²) in [5.41, 5.74) is 0. The van der Waals surface area contributed by atoms with Gasteiger partial charge in [0.25, 0.3) is 0 Å². The second-order valence-corrected chi connectivity index (χ2v) is 12.1. The lowest BCUT2D eigenvalue weighted by Crippen LogP contribution is -2.29. The second kappa shape index (κ2) is 27.9. The number of hydrogen-bond acceptors (Lipinski definition) is 6. The predicted octanol–water partition coefficient (Wildman–Crippen LogP) is 8.73. The zero-order valence-electron chi connectivity index (χ0n) is 25.3. The SMILES string of the molecule is C=CCCCCCCCCCCCCCCCC(=O)OC[C@H](COP(=O)(O)O)OC(=O)CCCCCCCCC. The van der Waals surface area contributed by atoms with Gasteiger partial charge < -0.3 is 19.3 Å². The van der Waals surface area contributed by atoms with E-state index < -0.39 is 32.5 Å². The highest BCUT2D eigenvalue weighted by Crippen LogP contribution is 2.35. The van der Waals surface area contributed by atoms with Gasteiger partial charge in [0.2, 0.25) is 0 Å². The van der Waals surface area contributed by atoms with Crippen molar-refractivity contribution in [1.29, 1.82) is 0 Å². The molecule has 0 unspecified atom stereocenters. The zero-order chi connectivity index (χ0) is 29.7. The van der Waals surface area contributed by atoms with Gasteiger partial charge in [0.1, 0.15) is 6.61 Å². The van der Waals surface area contributed by atoms with E-state index in [4.69, 9.17) is 19.3 Å². The predicted molar refractivity (Wildman–Crippen MR) is 161 cm³/mol. The van der Waals surface area contributed by atoms with Gasteiger partial charge in [-0.3, -0.25) is 14.1 Å². The van der Waals surface area contributed by atoms with E-state index in [1.54, 1.807) is 0 Å². The second-order valence-electron chi connectivity index (χ2n) is 10.9. The molecule has 236 valence electrons. The molecule has 0 aliphatic rings. The fourth-order valence-electron chi connectivity index (χ4n) is 4.53. The molecule has 0 saturated carbocycles. The van der Waals surface area contributed by atoms with Crippen molar-refractivity contribution in [1.82, 2.24) is 0 Å². The maximum absolute atomic E-state index is 12.2. The maximum atomic E-state index is 12.2. The number of ether oxygens (including phenoxy) is 2. The van der Waals surface area contributed by atoms with E-state index in [0.29, 0.717) is 6.42 Å². The smallest absolute Gasteiger partial charge is 0.462 e. The third-order valence-corrected chi connectivity index (χ3v) is 7.42. The van der Waals surface area contributed by atoms with E-state index in [2.05, 4.69) is 18.0 Å². The average molecular weight is 591 g/mol. The molecule has 0 spiro atoms. The zero-order valence-corrected chi connectivity index (χ0v) is 26.2. The highest BCUT2D eigenvalue weighted by atomic mass is 31.2. The largest absolute Gasteiger partial charge is 0.469 e.